The molecule has 0 unspecified atom stereocenters. The molecule has 0 saturated heterocycles. The van der Waals surface area contributed by atoms with Crippen molar-refractivity contribution in [3.05, 3.63) is 35.6 Å². The van der Waals surface area contributed by atoms with Crippen molar-refractivity contribution < 1.29 is 4.42 Å². The van der Waals surface area contributed by atoms with Gasteiger partial charge in [-0.15, -0.1) is 0 Å². The van der Waals surface area contributed by atoms with Crippen LogP contribution in [0.2, 0.25) is 0 Å². The number of fused-ring (bicyclic) bond motifs is 1. The first-order chi connectivity index (χ1) is 7.65. The second-order valence-electron chi connectivity index (χ2n) is 5.02. The van der Waals surface area contributed by atoms with Gasteiger partial charge in [-0.25, -0.2) is 0 Å². The monoisotopic (exact) mass is 216 g/mol. The van der Waals surface area contributed by atoms with Crippen LogP contribution in [0, 0.1) is 12.8 Å². The molecular formula is C15H20O. The number of hydrogen-bond acceptors (Lipinski definition) is 1. The molecule has 1 nitrogen and oxygen atoms in total. The topological polar surface area (TPSA) is 13.1 Å². The SMILES string of the molecule is Cc1cc2cc(CCCC(C)C)ccc2o1. The first kappa shape index (κ1) is 11.3. The Bertz CT molecular complexity index is 465. The Morgan fingerprint density at radius 2 is 2.00 bits per heavy atom. The van der Waals surface area contributed by atoms with Crippen molar-refractivity contribution in [3.63, 3.8) is 0 Å². The lowest BCUT2D eigenvalue weighted by Crippen LogP contribution is -1.90. The number of aryl methyl sites for hydroxylation is 2. The van der Waals surface area contributed by atoms with Gasteiger partial charge in [-0.2, -0.15) is 0 Å². The Labute approximate surface area is 97.5 Å². The zero-order chi connectivity index (χ0) is 11.5. The average molecular weight is 216 g/mol. The average Bonchev–Trinajstić information content (AvgIpc) is 2.56. The van der Waals surface area contributed by atoms with E-state index in [1.807, 2.05) is 6.92 Å². The summed E-state index contributed by atoms with van der Waals surface area (Å²) >= 11 is 0. The summed E-state index contributed by atoms with van der Waals surface area (Å²) in [6, 6.07) is 8.64. The number of benzene rings is 1. The van der Waals surface area contributed by atoms with E-state index in [2.05, 4.69) is 38.1 Å². The molecule has 0 fully saturated rings. The van der Waals surface area contributed by atoms with Gasteiger partial charge in [-0.1, -0.05) is 26.3 Å². The van der Waals surface area contributed by atoms with Crippen molar-refractivity contribution >= 4 is 11.0 Å². The summed E-state index contributed by atoms with van der Waals surface area (Å²) < 4.78 is 5.57. The van der Waals surface area contributed by atoms with E-state index in [0.29, 0.717) is 0 Å². The second kappa shape index (κ2) is 4.73. The van der Waals surface area contributed by atoms with Crippen LogP contribution in [0.5, 0.6) is 0 Å². The standard InChI is InChI=1S/C15H20O/c1-11(2)5-4-6-13-7-8-15-14(10-13)9-12(3)16-15/h7-11H,4-6H2,1-3H3. The van der Waals surface area contributed by atoms with Crippen LogP contribution < -0.4 is 0 Å². The Balaban J connectivity index is 2.07. The zero-order valence-corrected chi connectivity index (χ0v) is 10.4. The quantitative estimate of drug-likeness (QED) is 0.720. The van der Waals surface area contributed by atoms with E-state index in [0.717, 1.165) is 17.3 Å². The number of hydrogen-bond donors (Lipinski definition) is 0. The third kappa shape index (κ3) is 2.66. The minimum atomic E-state index is 0.805. The molecule has 1 heterocycles. The fraction of sp³-hybridized carbons (Fsp3) is 0.467. The molecule has 2 rings (SSSR count). The highest BCUT2D eigenvalue weighted by molar-refractivity contribution is 5.78. The van der Waals surface area contributed by atoms with Gasteiger partial charge in [0.2, 0.25) is 0 Å². The largest absolute Gasteiger partial charge is 0.461 e. The fourth-order valence-electron chi connectivity index (χ4n) is 2.10. The van der Waals surface area contributed by atoms with Gasteiger partial charge in [0.1, 0.15) is 11.3 Å². The molecule has 0 atom stereocenters. The molecular weight excluding hydrogens is 196 g/mol. The van der Waals surface area contributed by atoms with Gasteiger partial charge >= 0.3 is 0 Å². The maximum atomic E-state index is 5.57. The summed E-state index contributed by atoms with van der Waals surface area (Å²) in [6.07, 6.45) is 3.76. The summed E-state index contributed by atoms with van der Waals surface area (Å²) in [6.45, 7) is 6.56. The summed E-state index contributed by atoms with van der Waals surface area (Å²) in [7, 11) is 0. The molecule has 0 amide bonds. The van der Waals surface area contributed by atoms with Crippen LogP contribution in [0.1, 0.15) is 38.0 Å². The zero-order valence-electron chi connectivity index (χ0n) is 10.4. The van der Waals surface area contributed by atoms with E-state index in [-0.39, 0.29) is 0 Å². The van der Waals surface area contributed by atoms with Crippen molar-refractivity contribution in [2.75, 3.05) is 0 Å². The summed E-state index contributed by atoms with van der Waals surface area (Å²) in [5, 5.41) is 1.24. The molecule has 0 aliphatic carbocycles. The molecule has 0 aliphatic rings. The van der Waals surface area contributed by atoms with E-state index in [1.54, 1.807) is 0 Å². The molecule has 1 heteroatoms. The lowest BCUT2D eigenvalue weighted by Gasteiger charge is -2.04. The van der Waals surface area contributed by atoms with Gasteiger partial charge in [0.15, 0.2) is 0 Å². The van der Waals surface area contributed by atoms with Crippen LogP contribution in [0.25, 0.3) is 11.0 Å². The highest BCUT2D eigenvalue weighted by Crippen LogP contribution is 2.21. The smallest absolute Gasteiger partial charge is 0.134 e. The van der Waals surface area contributed by atoms with Crippen LogP contribution in [0.15, 0.2) is 28.7 Å². The van der Waals surface area contributed by atoms with Crippen LogP contribution >= 0.6 is 0 Å². The Kier molecular flexibility index (Phi) is 3.33. The third-order valence-electron chi connectivity index (χ3n) is 2.95. The Morgan fingerprint density at radius 3 is 2.75 bits per heavy atom. The molecule has 0 bridgehead atoms. The molecule has 1 aromatic heterocycles. The molecule has 0 saturated carbocycles. The normalized spacial score (nSPS) is 11.5. The summed E-state index contributed by atoms with van der Waals surface area (Å²) in [5.74, 6) is 1.80. The first-order valence-electron chi connectivity index (χ1n) is 6.14. The van der Waals surface area contributed by atoms with Crippen molar-refractivity contribution in [1.29, 1.82) is 0 Å². The maximum Gasteiger partial charge on any atom is 0.134 e. The molecule has 2 aromatic rings. The van der Waals surface area contributed by atoms with Crippen molar-refractivity contribution in [3.8, 4) is 0 Å². The van der Waals surface area contributed by atoms with E-state index in [9.17, 15) is 0 Å². The molecule has 86 valence electrons. The number of rotatable bonds is 4. The predicted octanol–water partition coefficient (Wildman–Crippen LogP) is 4.72. The van der Waals surface area contributed by atoms with Crippen LogP contribution in [0.3, 0.4) is 0 Å². The van der Waals surface area contributed by atoms with Gasteiger partial charge in [-0.3, -0.25) is 0 Å². The number of furan rings is 1. The minimum absolute atomic E-state index is 0.805. The van der Waals surface area contributed by atoms with E-state index >= 15 is 0 Å². The predicted molar refractivity (Wildman–Crippen MR) is 68.7 cm³/mol. The fourth-order valence-corrected chi connectivity index (χ4v) is 2.10. The molecule has 16 heavy (non-hydrogen) atoms. The van der Waals surface area contributed by atoms with Gasteiger partial charge in [0.25, 0.3) is 0 Å². The van der Waals surface area contributed by atoms with Crippen molar-refractivity contribution in [2.24, 2.45) is 5.92 Å². The van der Waals surface area contributed by atoms with Gasteiger partial charge in [0, 0.05) is 5.39 Å². The lowest BCUT2D eigenvalue weighted by atomic mass is 10.0. The highest BCUT2D eigenvalue weighted by Gasteiger charge is 2.02. The third-order valence-corrected chi connectivity index (χ3v) is 2.95. The van der Waals surface area contributed by atoms with E-state index < -0.39 is 0 Å². The van der Waals surface area contributed by atoms with Crippen molar-refractivity contribution in [1.82, 2.24) is 0 Å². The summed E-state index contributed by atoms with van der Waals surface area (Å²) in [5.41, 5.74) is 2.43. The van der Waals surface area contributed by atoms with Crippen molar-refractivity contribution in [2.45, 2.75) is 40.0 Å². The van der Waals surface area contributed by atoms with Gasteiger partial charge in [0.05, 0.1) is 0 Å². The highest BCUT2D eigenvalue weighted by atomic mass is 16.3. The molecule has 0 aliphatic heterocycles. The molecule has 1 aromatic carbocycles. The Morgan fingerprint density at radius 1 is 1.19 bits per heavy atom. The van der Waals surface area contributed by atoms with E-state index in [1.165, 1.54) is 30.2 Å². The van der Waals surface area contributed by atoms with Crippen LogP contribution in [-0.4, -0.2) is 0 Å². The first-order valence-corrected chi connectivity index (χ1v) is 6.14. The van der Waals surface area contributed by atoms with E-state index in [4.69, 9.17) is 4.42 Å². The Hall–Kier alpha value is -1.24. The van der Waals surface area contributed by atoms with Crippen LogP contribution in [0.4, 0.5) is 0 Å². The lowest BCUT2D eigenvalue weighted by molar-refractivity contribution is 0.555. The van der Waals surface area contributed by atoms with Gasteiger partial charge in [-0.05, 0) is 49.4 Å². The molecule has 0 radical (unpaired) electrons. The summed E-state index contributed by atoms with van der Waals surface area (Å²) in [4.78, 5) is 0. The molecule has 0 N–H and O–H groups in total. The van der Waals surface area contributed by atoms with Gasteiger partial charge < -0.3 is 4.42 Å². The second-order valence-corrected chi connectivity index (χ2v) is 5.02. The molecule has 0 spiro atoms. The maximum absolute atomic E-state index is 5.57. The van der Waals surface area contributed by atoms with Crippen LogP contribution in [-0.2, 0) is 6.42 Å². The minimum Gasteiger partial charge on any atom is -0.461 e.